The number of rotatable bonds is 3. The molecule has 108 valence electrons. The van der Waals surface area contributed by atoms with Gasteiger partial charge in [0.05, 0.1) is 0 Å². The first kappa shape index (κ1) is 13.3. The van der Waals surface area contributed by atoms with Gasteiger partial charge in [0, 0.05) is 36.3 Å². The fourth-order valence-corrected chi connectivity index (χ4v) is 2.80. The molecular weight excluding hydrogens is 252 g/mol. The monoisotopic (exact) mass is 274 g/mol. The van der Waals surface area contributed by atoms with Crippen LogP contribution in [0.3, 0.4) is 0 Å². The van der Waals surface area contributed by atoms with Crippen molar-refractivity contribution in [3.05, 3.63) is 17.6 Å². The molecule has 0 radical (unpaired) electrons. The van der Waals surface area contributed by atoms with Gasteiger partial charge in [0.25, 0.3) is 0 Å². The van der Waals surface area contributed by atoms with Gasteiger partial charge in [-0.2, -0.15) is 0 Å². The van der Waals surface area contributed by atoms with Crippen molar-refractivity contribution in [2.75, 3.05) is 18.0 Å². The second-order valence-electron chi connectivity index (χ2n) is 5.98. The molecule has 2 heterocycles. The first-order valence-corrected chi connectivity index (χ1v) is 7.48. The van der Waals surface area contributed by atoms with Gasteiger partial charge < -0.3 is 10.2 Å². The Morgan fingerprint density at radius 1 is 1.30 bits per heavy atom. The Balaban J connectivity index is 1.68. The van der Waals surface area contributed by atoms with Crippen molar-refractivity contribution in [3.8, 4) is 0 Å². The molecule has 2 aliphatic rings. The topological polar surface area (TPSA) is 58.1 Å². The summed E-state index contributed by atoms with van der Waals surface area (Å²) in [5.41, 5.74) is 2.17. The highest BCUT2D eigenvalue weighted by Crippen LogP contribution is 2.29. The van der Waals surface area contributed by atoms with Gasteiger partial charge in [-0.1, -0.05) is 0 Å². The summed E-state index contributed by atoms with van der Waals surface area (Å²) in [5, 5.41) is 3.19. The zero-order valence-corrected chi connectivity index (χ0v) is 12.2. The van der Waals surface area contributed by atoms with Gasteiger partial charge in [-0.25, -0.2) is 9.97 Å². The van der Waals surface area contributed by atoms with E-state index in [4.69, 9.17) is 0 Å². The summed E-state index contributed by atoms with van der Waals surface area (Å²) < 4.78 is 0. The molecule has 1 aliphatic carbocycles. The molecule has 1 saturated heterocycles. The minimum Gasteiger partial charge on any atom is -0.354 e. The predicted molar refractivity (Wildman–Crippen MR) is 77.6 cm³/mol. The maximum absolute atomic E-state index is 11.9. The number of hydrogen-bond donors (Lipinski definition) is 1. The first-order valence-electron chi connectivity index (χ1n) is 7.48. The Morgan fingerprint density at radius 3 is 2.85 bits per heavy atom. The third kappa shape index (κ3) is 2.76. The Hall–Kier alpha value is -1.65. The van der Waals surface area contributed by atoms with E-state index in [9.17, 15) is 4.79 Å². The lowest BCUT2D eigenvalue weighted by Gasteiger charge is -2.34. The molecule has 1 aromatic heterocycles. The first-order chi connectivity index (χ1) is 9.65. The minimum atomic E-state index is 0.243. The lowest BCUT2D eigenvalue weighted by Crippen LogP contribution is -2.48. The summed E-state index contributed by atoms with van der Waals surface area (Å²) in [7, 11) is 0. The molecule has 1 N–H and O–H groups in total. The number of aromatic nitrogens is 2. The Morgan fingerprint density at radius 2 is 2.10 bits per heavy atom. The van der Waals surface area contributed by atoms with Crippen LogP contribution in [0, 0.1) is 19.8 Å². The number of anilines is 1. The van der Waals surface area contributed by atoms with Crippen LogP contribution in [0.25, 0.3) is 0 Å². The summed E-state index contributed by atoms with van der Waals surface area (Å²) >= 11 is 0. The van der Waals surface area contributed by atoms with Crippen LogP contribution in [0.1, 0.15) is 36.9 Å². The molecule has 5 nitrogen and oxygen atoms in total. The van der Waals surface area contributed by atoms with E-state index < -0.39 is 0 Å². The maximum atomic E-state index is 11.9. The Bertz CT molecular complexity index is 513. The van der Waals surface area contributed by atoms with Crippen molar-refractivity contribution < 1.29 is 4.79 Å². The highest BCUT2D eigenvalue weighted by molar-refractivity contribution is 5.81. The zero-order chi connectivity index (χ0) is 14.1. The van der Waals surface area contributed by atoms with Crippen molar-refractivity contribution in [2.24, 2.45) is 5.92 Å². The molecule has 1 unspecified atom stereocenters. The molecule has 0 bridgehead atoms. The Labute approximate surface area is 119 Å². The van der Waals surface area contributed by atoms with Crippen molar-refractivity contribution in [2.45, 2.75) is 45.6 Å². The lowest BCUT2D eigenvalue weighted by atomic mass is 10.0. The van der Waals surface area contributed by atoms with E-state index >= 15 is 0 Å². The molecule has 1 aromatic rings. The fraction of sp³-hybridized carbons (Fsp3) is 0.667. The normalized spacial score (nSPS) is 22.7. The number of nitrogens with zero attached hydrogens (tertiary/aromatic N) is 3. The van der Waals surface area contributed by atoms with E-state index in [0.29, 0.717) is 0 Å². The summed E-state index contributed by atoms with van der Waals surface area (Å²) in [5.74, 6) is 1.55. The smallest absolute Gasteiger partial charge is 0.223 e. The van der Waals surface area contributed by atoms with E-state index in [0.717, 1.165) is 55.8 Å². The number of piperidine rings is 1. The van der Waals surface area contributed by atoms with Crippen LogP contribution in [-0.2, 0) is 4.79 Å². The van der Waals surface area contributed by atoms with Gasteiger partial charge in [-0.15, -0.1) is 0 Å². The van der Waals surface area contributed by atoms with Crippen LogP contribution in [0.5, 0.6) is 0 Å². The van der Waals surface area contributed by atoms with Gasteiger partial charge in [0.1, 0.15) is 12.1 Å². The van der Waals surface area contributed by atoms with Crippen LogP contribution < -0.4 is 10.2 Å². The molecule has 0 aromatic carbocycles. The third-order valence-corrected chi connectivity index (χ3v) is 4.32. The second kappa shape index (κ2) is 5.38. The standard InChI is InChI=1S/C15H22N4O/c1-10-11(2)16-9-17-14(10)19-7-3-4-13(8-19)18-15(20)12-5-6-12/h9,12-13H,3-8H2,1-2H3,(H,18,20). The van der Waals surface area contributed by atoms with Crippen molar-refractivity contribution in [3.63, 3.8) is 0 Å². The molecule has 1 amide bonds. The van der Waals surface area contributed by atoms with Gasteiger partial charge in [0.2, 0.25) is 5.91 Å². The fourth-order valence-electron chi connectivity index (χ4n) is 2.80. The molecule has 1 saturated carbocycles. The molecule has 20 heavy (non-hydrogen) atoms. The summed E-state index contributed by atoms with van der Waals surface area (Å²) in [6.45, 7) is 5.94. The molecular formula is C15H22N4O. The average Bonchev–Trinajstić information content (AvgIpc) is 3.26. The van der Waals surface area contributed by atoms with Gasteiger partial charge >= 0.3 is 0 Å². The van der Waals surface area contributed by atoms with Crippen molar-refractivity contribution in [1.82, 2.24) is 15.3 Å². The van der Waals surface area contributed by atoms with Crippen LogP contribution in [0.2, 0.25) is 0 Å². The molecule has 2 fully saturated rings. The van der Waals surface area contributed by atoms with E-state index in [1.54, 1.807) is 6.33 Å². The molecule has 1 aliphatic heterocycles. The average molecular weight is 274 g/mol. The van der Waals surface area contributed by atoms with Crippen molar-refractivity contribution >= 4 is 11.7 Å². The number of carbonyl (C=O) groups is 1. The van der Waals surface area contributed by atoms with Crippen LogP contribution in [-0.4, -0.2) is 35.0 Å². The van der Waals surface area contributed by atoms with E-state index in [-0.39, 0.29) is 17.9 Å². The molecule has 3 rings (SSSR count). The van der Waals surface area contributed by atoms with Crippen molar-refractivity contribution in [1.29, 1.82) is 0 Å². The summed E-state index contributed by atoms with van der Waals surface area (Å²) in [4.78, 5) is 22.8. The second-order valence-corrected chi connectivity index (χ2v) is 5.98. The molecule has 0 spiro atoms. The van der Waals surface area contributed by atoms with Crippen LogP contribution >= 0.6 is 0 Å². The van der Waals surface area contributed by atoms with Gasteiger partial charge in [0.15, 0.2) is 0 Å². The highest BCUT2D eigenvalue weighted by atomic mass is 16.2. The highest BCUT2D eigenvalue weighted by Gasteiger charge is 2.32. The summed E-state index contributed by atoms with van der Waals surface area (Å²) in [6.07, 6.45) is 5.92. The predicted octanol–water partition coefficient (Wildman–Crippen LogP) is 1.59. The quantitative estimate of drug-likeness (QED) is 0.909. The van der Waals surface area contributed by atoms with E-state index in [1.165, 1.54) is 0 Å². The lowest BCUT2D eigenvalue weighted by molar-refractivity contribution is -0.123. The maximum Gasteiger partial charge on any atom is 0.223 e. The number of hydrogen-bond acceptors (Lipinski definition) is 4. The number of carbonyl (C=O) groups excluding carboxylic acids is 1. The van der Waals surface area contributed by atoms with Gasteiger partial charge in [-0.05, 0) is 39.5 Å². The number of aryl methyl sites for hydroxylation is 1. The SMILES string of the molecule is Cc1ncnc(N2CCCC(NC(=O)C3CC3)C2)c1C. The summed E-state index contributed by atoms with van der Waals surface area (Å²) in [6, 6.07) is 0.256. The largest absolute Gasteiger partial charge is 0.354 e. The molecule has 5 heteroatoms. The zero-order valence-electron chi connectivity index (χ0n) is 12.2. The minimum absolute atomic E-state index is 0.243. The van der Waals surface area contributed by atoms with E-state index in [1.807, 2.05) is 6.92 Å². The third-order valence-electron chi connectivity index (χ3n) is 4.32. The van der Waals surface area contributed by atoms with Crippen LogP contribution in [0.4, 0.5) is 5.82 Å². The van der Waals surface area contributed by atoms with Crippen LogP contribution in [0.15, 0.2) is 6.33 Å². The Kier molecular flexibility index (Phi) is 3.59. The molecule has 1 atom stereocenters. The number of nitrogens with one attached hydrogen (secondary N) is 1. The number of amides is 1. The van der Waals surface area contributed by atoms with E-state index in [2.05, 4.69) is 27.1 Å². The van der Waals surface area contributed by atoms with Gasteiger partial charge in [-0.3, -0.25) is 4.79 Å².